The number of hydrogen-bond acceptors (Lipinski definition) is 4. The number of carbonyl (C=O) groups is 3. The SMILES string of the molecule is NC(=O)[C@@H](Cc1ccc(C(=O)O)cc1)NC(=O)c1ccccn1. The van der Waals surface area contributed by atoms with E-state index in [0.29, 0.717) is 5.56 Å². The first-order valence-corrected chi connectivity index (χ1v) is 6.81. The molecule has 1 atom stereocenters. The van der Waals surface area contributed by atoms with Crippen LogP contribution in [0.2, 0.25) is 0 Å². The summed E-state index contributed by atoms with van der Waals surface area (Å²) in [4.78, 5) is 38.3. The monoisotopic (exact) mass is 313 g/mol. The van der Waals surface area contributed by atoms with Gasteiger partial charge in [0.05, 0.1) is 5.56 Å². The van der Waals surface area contributed by atoms with Gasteiger partial charge in [-0.25, -0.2) is 4.79 Å². The highest BCUT2D eigenvalue weighted by Gasteiger charge is 2.20. The number of rotatable bonds is 6. The van der Waals surface area contributed by atoms with Crippen LogP contribution in [-0.2, 0) is 11.2 Å². The van der Waals surface area contributed by atoms with Gasteiger partial charge in [-0.3, -0.25) is 14.6 Å². The summed E-state index contributed by atoms with van der Waals surface area (Å²) >= 11 is 0. The Morgan fingerprint density at radius 1 is 1.13 bits per heavy atom. The van der Waals surface area contributed by atoms with E-state index in [4.69, 9.17) is 10.8 Å². The number of carboxylic acid groups (broad SMARTS) is 1. The number of primary amides is 1. The highest BCUT2D eigenvalue weighted by atomic mass is 16.4. The molecule has 0 bridgehead atoms. The minimum absolute atomic E-state index is 0.141. The van der Waals surface area contributed by atoms with Crippen molar-refractivity contribution in [2.45, 2.75) is 12.5 Å². The maximum atomic E-state index is 12.0. The number of pyridine rings is 1. The summed E-state index contributed by atoms with van der Waals surface area (Å²) in [5, 5.41) is 11.4. The molecule has 0 aliphatic heterocycles. The fraction of sp³-hybridized carbons (Fsp3) is 0.125. The van der Waals surface area contributed by atoms with Crippen LogP contribution in [0.5, 0.6) is 0 Å². The maximum Gasteiger partial charge on any atom is 0.335 e. The van der Waals surface area contributed by atoms with Gasteiger partial charge < -0.3 is 16.2 Å². The molecule has 2 aromatic rings. The third-order valence-corrected chi connectivity index (χ3v) is 3.19. The van der Waals surface area contributed by atoms with Crippen LogP contribution in [0, 0.1) is 0 Å². The minimum Gasteiger partial charge on any atom is -0.478 e. The number of amides is 2. The van der Waals surface area contributed by atoms with Gasteiger partial charge in [-0.1, -0.05) is 18.2 Å². The molecule has 0 aliphatic rings. The largest absolute Gasteiger partial charge is 0.478 e. The lowest BCUT2D eigenvalue weighted by molar-refractivity contribution is -0.119. The minimum atomic E-state index is -1.04. The van der Waals surface area contributed by atoms with Crippen LogP contribution in [0.3, 0.4) is 0 Å². The van der Waals surface area contributed by atoms with E-state index in [-0.39, 0.29) is 17.7 Å². The van der Waals surface area contributed by atoms with Crippen molar-refractivity contribution < 1.29 is 19.5 Å². The predicted molar refractivity (Wildman–Crippen MR) is 81.8 cm³/mol. The normalized spacial score (nSPS) is 11.5. The van der Waals surface area contributed by atoms with Crippen molar-refractivity contribution in [1.29, 1.82) is 0 Å². The Morgan fingerprint density at radius 3 is 2.35 bits per heavy atom. The second-order valence-corrected chi connectivity index (χ2v) is 4.85. The number of aromatic nitrogens is 1. The molecule has 1 aromatic carbocycles. The molecule has 1 aromatic heterocycles. The zero-order valence-corrected chi connectivity index (χ0v) is 12.1. The van der Waals surface area contributed by atoms with E-state index in [0.717, 1.165) is 0 Å². The van der Waals surface area contributed by atoms with E-state index in [1.54, 1.807) is 24.3 Å². The number of benzene rings is 1. The maximum absolute atomic E-state index is 12.0. The second-order valence-electron chi connectivity index (χ2n) is 4.85. The topological polar surface area (TPSA) is 122 Å². The highest BCUT2D eigenvalue weighted by molar-refractivity contribution is 5.95. The highest BCUT2D eigenvalue weighted by Crippen LogP contribution is 2.08. The van der Waals surface area contributed by atoms with E-state index in [1.807, 2.05) is 0 Å². The quantitative estimate of drug-likeness (QED) is 0.721. The lowest BCUT2D eigenvalue weighted by Gasteiger charge is -2.15. The van der Waals surface area contributed by atoms with Crippen LogP contribution < -0.4 is 11.1 Å². The fourth-order valence-electron chi connectivity index (χ4n) is 1.97. The van der Waals surface area contributed by atoms with Crippen molar-refractivity contribution in [1.82, 2.24) is 10.3 Å². The fourth-order valence-corrected chi connectivity index (χ4v) is 1.97. The van der Waals surface area contributed by atoms with Gasteiger partial charge in [-0.05, 0) is 29.8 Å². The third-order valence-electron chi connectivity index (χ3n) is 3.19. The average Bonchev–Trinajstić information content (AvgIpc) is 2.55. The summed E-state index contributed by atoms with van der Waals surface area (Å²) in [6.07, 6.45) is 1.63. The molecule has 0 saturated carbocycles. The molecule has 0 fully saturated rings. The molecular formula is C16H15N3O4. The molecule has 0 aliphatic carbocycles. The van der Waals surface area contributed by atoms with E-state index in [2.05, 4.69) is 10.3 Å². The molecule has 0 spiro atoms. The van der Waals surface area contributed by atoms with Crippen molar-refractivity contribution in [3.8, 4) is 0 Å². The molecule has 0 radical (unpaired) electrons. The van der Waals surface area contributed by atoms with Gasteiger partial charge in [0.15, 0.2) is 0 Å². The molecule has 118 valence electrons. The van der Waals surface area contributed by atoms with E-state index >= 15 is 0 Å². The second kappa shape index (κ2) is 7.17. The van der Waals surface area contributed by atoms with Gasteiger partial charge in [0.2, 0.25) is 5.91 Å². The number of aromatic carboxylic acids is 1. The van der Waals surface area contributed by atoms with E-state index < -0.39 is 23.8 Å². The number of nitrogens with two attached hydrogens (primary N) is 1. The Labute approximate surface area is 132 Å². The van der Waals surface area contributed by atoms with Crippen LogP contribution in [0.4, 0.5) is 0 Å². The summed E-state index contributed by atoms with van der Waals surface area (Å²) in [7, 11) is 0. The van der Waals surface area contributed by atoms with Crippen LogP contribution in [0.15, 0.2) is 48.7 Å². The standard InChI is InChI=1S/C16H15N3O4/c17-14(20)13(19-15(21)12-3-1-2-8-18-12)9-10-4-6-11(7-5-10)16(22)23/h1-8,13H,9H2,(H2,17,20)(H,19,21)(H,22,23)/t13-/m1/s1. The number of nitrogens with zero attached hydrogens (tertiary/aromatic N) is 1. The molecule has 2 rings (SSSR count). The van der Waals surface area contributed by atoms with Crippen molar-refractivity contribution in [2.75, 3.05) is 0 Å². The van der Waals surface area contributed by atoms with Crippen LogP contribution in [-0.4, -0.2) is 33.9 Å². The summed E-state index contributed by atoms with van der Waals surface area (Å²) in [5.41, 5.74) is 6.32. The smallest absolute Gasteiger partial charge is 0.335 e. The first kappa shape index (κ1) is 16.2. The van der Waals surface area contributed by atoms with Crippen LogP contribution in [0.25, 0.3) is 0 Å². The van der Waals surface area contributed by atoms with Gasteiger partial charge in [0.1, 0.15) is 11.7 Å². The average molecular weight is 313 g/mol. The zero-order valence-electron chi connectivity index (χ0n) is 12.1. The Kier molecular flexibility index (Phi) is 5.03. The first-order valence-electron chi connectivity index (χ1n) is 6.81. The Morgan fingerprint density at radius 2 is 1.83 bits per heavy atom. The van der Waals surface area contributed by atoms with Gasteiger partial charge in [-0.15, -0.1) is 0 Å². The Hall–Kier alpha value is -3.22. The van der Waals surface area contributed by atoms with Gasteiger partial charge in [0.25, 0.3) is 5.91 Å². The summed E-state index contributed by atoms with van der Waals surface area (Å²) < 4.78 is 0. The van der Waals surface area contributed by atoms with Crippen LogP contribution in [0.1, 0.15) is 26.4 Å². The van der Waals surface area contributed by atoms with Crippen molar-refractivity contribution in [2.24, 2.45) is 5.73 Å². The van der Waals surface area contributed by atoms with Crippen molar-refractivity contribution in [3.63, 3.8) is 0 Å². The first-order chi connectivity index (χ1) is 11.0. The lowest BCUT2D eigenvalue weighted by atomic mass is 10.0. The number of carboxylic acids is 1. The molecule has 23 heavy (non-hydrogen) atoms. The summed E-state index contributed by atoms with van der Waals surface area (Å²) in [5.74, 6) is -2.22. The molecule has 1 heterocycles. The van der Waals surface area contributed by atoms with Crippen LogP contribution >= 0.6 is 0 Å². The van der Waals surface area contributed by atoms with Gasteiger partial charge in [0, 0.05) is 12.6 Å². The van der Waals surface area contributed by atoms with Crippen molar-refractivity contribution >= 4 is 17.8 Å². The molecule has 7 nitrogen and oxygen atoms in total. The summed E-state index contributed by atoms with van der Waals surface area (Å²) in [6, 6.07) is 9.94. The van der Waals surface area contributed by atoms with Gasteiger partial charge in [-0.2, -0.15) is 0 Å². The predicted octanol–water partition coefficient (Wildman–Crippen LogP) is 0.606. The van der Waals surface area contributed by atoms with Gasteiger partial charge >= 0.3 is 5.97 Å². The Balaban J connectivity index is 2.08. The zero-order chi connectivity index (χ0) is 16.8. The molecule has 2 amide bonds. The number of hydrogen-bond donors (Lipinski definition) is 3. The molecular weight excluding hydrogens is 298 g/mol. The summed E-state index contributed by atoms with van der Waals surface area (Å²) in [6.45, 7) is 0. The number of nitrogens with one attached hydrogen (secondary N) is 1. The van der Waals surface area contributed by atoms with E-state index in [9.17, 15) is 14.4 Å². The van der Waals surface area contributed by atoms with E-state index in [1.165, 1.54) is 24.4 Å². The molecule has 0 saturated heterocycles. The number of carbonyl (C=O) groups excluding carboxylic acids is 2. The molecule has 0 unspecified atom stereocenters. The third kappa shape index (κ3) is 4.37. The lowest BCUT2D eigenvalue weighted by Crippen LogP contribution is -2.46. The molecule has 7 heteroatoms. The van der Waals surface area contributed by atoms with Crippen molar-refractivity contribution in [3.05, 3.63) is 65.5 Å². The molecule has 4 N–H and O–H groups in total. The Bertz CT molecular complexity index is 714.